The fourth-order valence-electron chi connectivity index (χ4n) is 3.22. The number of alkyl halides is 3. The number of fused-ring (bicyclic) bond motifs is 1. The molecule has 3 aromatic carbocycles. The molecule has 11 heteroatoms. The van der Waals surface area contributed by atoms with Crippen LogP contribution in [0.1, 0.15) is 21.5 Å². The normalized spacial score (nSPS) is 12.2. The first-order chi connectivity index (χ1) is 15.4. The molecule has 0 fully saturated rings. The van der Waals surface area contributed by atoms with Crippen molar-refractivity contribution in [3.05, 3.63) is 77.4 Å². The van der Waals surface area contributed by atoms with Gasteiger partial charge in [0.25, 0.3) is 16.0 Å². The number of aromatic nitrogens is 1. The Hall–Kier alpha value is -3.28. The highest BCUT2D eigenvalue weighted by atomic mass is 32.2. The minimum atomic E-state index is -4.48. The number of aryl methyl sites for hydroxylation is 1. The fraction of sp³-hybridized carbons (Fsp3) is 0.0909. The summed E-state index contributed by atoms with van der Waals surface area (Å²) in [6.07, 6.45) is -4.48. The molecule has 4 aromatic rings. The van der Waals surface area contributed by atoms with Gasteiger partial charge in [-0.25, -0.2) is 4.98 Å². The Morgan fingerprint density at radius 3 is 2.21 bits per heavy atom. The third kappa shape index (κ3) is 4.75. The van der Waals surface area contributed by atoms with Crippen LogP contribution in [0.3, 0.4) is 0 Å². The number of amides is 1. The lowest BCUT2D eigenvalue weighted by Gasteiger charge is -2.08. The van der Waals surface area contributed by atoms with Crippen LogP contribution in [0.25, 0.3) is 20.8 Å². The van der Waals surface area contributed by atoms with Gasteiger partial charge in [0.1, 0.15) is 9.90 Å². The Morgan fingerprint density at radius 1 is 1.00 bits per heavy atom. The molecule has 0 aliphatic rings. The third-order valence-corrected chi connectivity index (χ3v) is 7.14. The molecule has 1 heterocycles. The molecule has 4 rings (SSSR count). The summed E-state index contributed by atoms with van der Waals surface area (Å²) in [4.78, 5) is 16.6. The Morgan fingerprint density at radius 2 is 1.64 bits per heavy atom. The minimum Gasteiger partial charge on any atom is -0.322 e. The highest BCUT2D eigenvalue weighted by Gasteiger charge is 2.30. The number of benzene rings is 3. The summed E-state index contributed by atoms with van der Waals surface area (Å²) in [6, 6.07) is 13.6. The molecule has 0 atom stereocenters. The fourth-order valence-corrected chi connectivity index (χ4v) is 5.54. The van der Waals surface area contributed by atoms with Gasteiger partial charge in [-0.1, -0.05) is 6.07 Å². The lowest BCUT2D eigenvalue weighted by molar-refractivity contribution is -0.137. The topological polar surface area (TPSA) is 96.4 Å². The summed E-state index contributed by atoms with van der Waals surface area (Å²) in [5.41, 5.74) is 1.13. The summed E-state index contributed by atoms with van der Waals surface area (Å²) in [7, 11) is -4.43. The summed E-state index contributed by atoms with van der Waals surface area (Å²) >= 11 is 1.11. The van der Waals surface area contributed by atoms with Crippen molar-refractivity contribution < 1.29 is 30.9 Å². The zero-order chi connectivity index (χ0) is 24.0. The highest BCUT2D eigenvalue weighted by molar-refractivity contribution is 7.86. The van der Waals surface area contributed by atoms with Crippen molar-refractivity contribution >= 4 is 43.3 Å². The number of rotatable bonds is 4. The van der Waals surface area contributed by atoms with Gasteiger partial charge in [0.05, 0.1) is 15.8 Å². The monoisotopic (exact) mass is 492 g/mol. The Kier molecular flexibility index (Phi) is 5.72. The van der Waals surface area contributed by atoms with Crippen LogP contribution >= 0.6 is 11.3 Å². The average molecular weight is 493 g/mol. The average Bonchev–Trinajstić information content (AvgIpc) is 3.16. The minimum absolute atomic E-state index is 0.0753. The summed E-state index contributed by atoms with van der Waals surface area (Å²) in [5.74, 6) is -0.565. The van der Waals surface area contributed by atoms with Crippen LogP contribution in [-0.4, -0.2) is 23.9 Å². The molecule has 1 amide bonds. The van der Waals surface area contributed by atoms with Crippen LogP contribution in [0.4, 0.5) is 18.9 Å². The van der Waals surface area contributed by atoms with Crippen molar-refractivity contribution in [2.45, 2.75) is 18.0 Å². The van der Waals surface area contributed by atoms with E-state index in [0.717, 1.165) is 35.6 Å². The second kappa shape index (κ2) is 8.25. The lowest BCUT2D eigenvalue weighted by atomic mass is 10.1. The molecular formula is C22H15F3N2O4S2. The second-order valence-electron chi connectivity index (χ2n) is 7.16. The second-order valence-corrected chi connectivity index (χ2v) is 9.52. The van der Waals surface area contributed by atoms with E-state index < -0.39 is 27.8 Å². The molecule has 0 bridgehead atoms. The number of nitrogens with zero attached hydrogens (tertiary/aromatic N) is 1. The maximum Gasteiger partial charge on any atom is 0.416 e. The molecule has 0 unspecified atom stereocenters. The molecule has 0 spiro atoms. The molecule has 0 aliphatic heterocycles. The quantitative estimate of drug-likeness (QED) is 0.352. The van der Waals surface area contributed by atoms with E-state index in [1.54, 1.807) is 43.3 Å². The van der Waals surface area contributed by atoms with Gasteiger partial charge in [0.15, 0.2) is 0 Å². The Bertz CT molecular complexity index is 1460. The predicted molar refractivity (Wildman–Crippen MR) is 119 cm³/mol. The van der Waals surface area contributed by atoms with Crippen LogP contribution in [0.15, 0.2) is 65.6 Å². The van der Waals surface area contributed by atoms with E-state index >= 15 is 0 Å². The van der Waals surface area contributed by atoms with Crippen molar-refractivity contribution in [2.24, 2.45) is 0 Å². The van der Waals surface area contributed by atoms with Gasteiger partial charge in [0.2, 0.25) is 0 Å². The van der Waals surface area contributed by atoms with E-state index in [2.05, 4.69) is 10.3 Å². The van der Waals surface area contributed by atoms with Crippen molar-refractivity contribution in [2.75, 3.05) is 5.32 Å². The van der Waals surface area contributed by atoms with Crippen molar-refractivity contribution in [1.29, 1.82) is 0 Å². The zero-order valence-corrected chi connectivity index (χ0v) is 18.5. The lowest BCUT2D eigenvalue weighted by Crippen LogP contribution is -2.12. The molecule has 2 N–H and O–H groups in total. The first-order valence-electron chi connectivity index (χ1n) is 9.40. The van der Waals surface area contributed by atoms with E-state index in [-0.39, 0.29) is 10.5 Å². The molecular weight excluding hydrogens is 477 g/mol. The number of thiazole rings is 1. The van der Waals surface area contributed by atoms with Gasteiger partial charge < -0.3 is 5.32 Å². The van der Waals surface area contributed by atoms with Gasteiger partial charge in [0, 0.05) is 16.8 Å². The maximum atomic E-state index is 12.7. The van der Waals surface area contributed by atoms with Crippen LogP contribution in [0.5, 0.6) is 0 Å². The van der Waals surface area contributed by atoms with Crippen molar-refractivity contribution in [3.63, 3.8) is 0 Å². The van der Waals surface area contributed by atoms with E-state index in [4.69, 9.17) is 0 Å². The largest absolute Gasteiger partial charge is 0.416 e. The molecule has 0 radical (unpaired) electrons. The molecule has 170 valence electrons. The van der Waals surface area contributed by atoms with E-state index in [0.29, 0.717) is 32.0 Å². The molecule has 0 saturated carbocycles. The highest BCUT2D eigenvalue weighted by Crippen LogP contribution is 2.36. The number of nitrogens with one attached hydrogen (secondary N) is 1. The van der Waals surface area contributed by atoms with Gasteiger partial charge in [-0.05, 0) is 67.1 Å². The smallest absolute Gasteiger partial charge is 0.322 e. The molecule has 0 aliphatic carbocycles. The van der Waals surface area contributed by atoms with Gasteiger partial charge in [-0.2, -0.15) is 21.6 Å². The van der Waals surface area contributed by atoms with Crippen molar-refractivity contribution in [3.8, 4) is 10.6 Å². The number of carbonyl (C=O) groups excluding carboxylic acids is 1. The third-order valence-electron chi connectivity index (χ3n) is 4.83. The van der Waals surface area contributed by atoms with Gasteiger partial charge in [-0.15, -0.1) is 11.3 Å². The zero-order valence-electron chi connectivity index (χ0n) is 16.8. The predicted octanol–water partition coefficient (Wildman–Crippen LogP) is 5.79. The maximum absolute atomic E-state index is 12.7. The molecule has 1 aromatic heterocycles. The summed E-state index contributed by atoms with van der Waals surface area (Å²) in [5, 5.41) is 3.12. The summed E-state index contributed by atoms with van der Waals surface area (Å²) in [6.45, 7) is 1.58. The number of hydrogen-bond donors (Lipinski definition) is 2. The van der Waals surface area contributed by atoms with Crippen LogP contribution in [-0.2, 0) is 16.3 Å². The first kappa shape index (κ1) is 22.9. The van der Waals surface area contributed by atoms with E-state index in [1.807, 2.05) is 0 Å². The molecule has 6 nitrogen and oxygen atoms in total. The van der Waals surface area contributed by atoms with E-state index in [9.17, 15) is 30.9 Å². The van der Waals surface area contributed by atoms with Crippen molar-refractivity contribution in [1.82, 2.24) is 4.98 Å². The van der Waals surface area contributed by atoms with E-state index in [1.165, 1.54) is 0 Å². The van der Waals surface area contributed by atoms with Crippen LogP contribution < -0.4 is 5.32 Å². The number of carbonyl (C=O) groups is 1. The Balaban J connectivity index is 1.56. The molecule has 0 saturated heterocycles. The SMILES string of the molecule is Cc1ccc2nc(-c3ccc(NC(=O)c4ccc(C(F)(F)F)cc4)cc3)sc2c1S(=O)(=O)O. The summed E-state index contributed by atoms with van der Waals surface area (Å²) < 4.78 is 71.5. The molecule has 33 heavy (non-hydrogen) atoms. The number of halogens is 3. The standard InChI is InChI=1S/C22H15F3N2O4S2/c1-12-2-11-17-18(19(12)33(29,30)31)32-21(27-17)14-5-9-16(10-6-14)26-20(28)13-3-7-15(8-4-13)22(23,24)25/h2-11H,1H3,(H,26,28)(H,29,30,31). The van der Waals surface area contributed by atoms with Gasteiger partial charge in [-0.3, -0.25) is 9.35 Å². The Labute approximate surface area is 190 Å². The van der Waals surface area contributed by atoms with Crippen LogP contribution in [0, 0.1) is 6.92 Å². The van der Waals surface area contributed by atoms with Gasteiger partial charge >= 0.3 is 6.18 Å². The van der Waals surface area contributed by atoms with Crippen LogP contribution in [0.2, 0.25) is 0 Å². The number of hydrogen-bond acceptors (Lipinski definition) is 5. The number of anilines is 1. The first-order valence-corrected chi connectivity index (χ1v) is 11.7.